The summed E-state index contributed by atoms with van der Waals surface area (Å²) in [6.07, 6.45) is 2.92. The van der Waals surface area contributed by atoms with Gasteiger partial charge in [-0.25, -0.2) is 9.18 Å². The van der Waals surface area contributed by atoms with Gasteiger partial charge in [0.15, 0.2) is 5.60 Å². The van der Waals surface area contributed by atoms with Gasteiger partial charge < -0.3 is 29.9 Å². The Bertz CT molecular complexity index is 1000. The number of carbonyl (C=O) groups is 2. The van der Waals surface area contributed by atoms with Crippen molar-refractivity contribution in [1.29, 1.82) is 0 Å². The third-order valence-electron chi connectivity index (χ3n) is 7.10. The van der Waals surface area contributed by atoms with Crippen LogP contribution in [0.1, 0.15) is 52.9 Å². The number of esters is 1. The quantitative estimate of drug-likeness (QED) is 0.326. The molecule has 9 heteroatoms. The van der Waals surface area contributed by atoms with Crippen LogP contribution in [0, 0.1) is 23.6 Å². The molecular formula is C28H37FO8. The van der Waals surface area contributed by atoms with E-state index in [0.717, 1.165) is 5.57 Å². The summed E-state index contributed by atoms with van der Waals surface area (Å²) in [5, 5.41) is 39.5. The predicted octanol–water partition coefficient (Wildman–Crippen LogP) is 3.39. The zero-order valence-electron chi connectivity index (χ0n) is 21.4. The van der Waals surface area contributed by atoms with Crippen molar-refractivity contribution in [2.24, 2.45) is 17.8 Å². The molecular weight excluding hydrogens is 483 g/mol. The van der Waals surface area contributed by atoms with Crippen molar-refractivity contribution in [2.45, 2.75) is 82.9 Å². The van der Waals surface area contributed by atoms with E-state index in [9.17, 15) is 29.3 Å². The molecule has 2 aliphatic carbocycles. The Morgan fingerprint density at radius 1 is 1.16 bits per heavy atom. The lowest BCUT2D eigenvalue weighted by Gasteiger charge is -2.43. The number of allylic oxidation sites excluding steroid dienone is 2. The molecule has 0 spiro atoms. The minimum absolute atomic E-state index is 0.0195. The van der Waals surface area contributed by atoms with Gasteiger partial charge in [-0.2, -0.15) is 0 Å². The Labute approximate surface area is 216 Å². The lowest BCUT2D eigenvalue weighted by Crippen LogP contribution is -2.47. The molecule has 0 heterocycles. The fraction of sp³-hybridized carbons (Fsp3) is 0.571. The number of ether oxygens (including phenoxy) is 2. The zero-order chi connectivity index (χ0) is 27.3. The molecule has 3 rings (SSSR count). The maximum absolute atomic E-state index is 13.2. The van der Waals surface area contributed by atoms with Crippen molar-refractivity contribution < 1.29 is 43.9 Å². The first-order chi connectivity index (χ1) is 17.4. The first kappa shape index (κ1) is 28.8. The van der Waals surface area contributed by atoms with E-state index in [1.807, 2.05) is 19.1 Å². The fourth-order valence-electron chi connectivity index (χ4n) is 5.21. The van der Waals surface area contributed by atoms with Crippen LogP contribution in [0.15, 0.2) is 48.1 Å². The summed E-state index contributed by atoms with van der Waals surface area (Å²) in [6, 6.07) is 5.33. The van der Waals surface area contributed by atoms with Gasteiger partial charge in [0.05, 0.1) is 24.7 Å². The lowest BCUT2D eigenvalue weighted by molar-refractivity contribution is -0.170. The Morgan fingerprint density at radius 2 is 1.84 bits per heavy atom. The smallest absolute Gasteiger partial charge is 0.350 e. The van der Waals surface area contributed by atoms with E-state index in [2.05, 4.69) is 0 Å². The van der Waals surface area contributed by atoms with Gasteiger partial charge in [-0.1, -0.05) is 25.2 Å². The topological polar surface area (TPSA) is 134 Å². The van der Waals surface area contributed by atoms with Crippen molar-refractivity contribution >= 4 is 11.9 Å². The van der Waals surface area contributed by atoms with E-state index in [1.165, 1.54) is 24.3 Å². The van der Waals surface area contributed by atoms with E-state index >= 15 is 0 Å². The van der Waals surface area contributed by atoms with Crippen LogP contribution in [0.25, 0.3) is 0 Å². The molecule has 0 unspecified atom stereocenters. The first-order valence-electron chi connectivity index (χ1n) is 12.7. The van der Waals surface area contributed by atoms with Crippen LogP contribution < -0.4 is 4.74 Å². The Hall–Kier alpha value is -2.75. The predicted molar refractivity (Wildman–Crippen MR) is 133 cm³/mol. The van der Waals surface area contributed by atoms with Gasteiger partial charge in [0, 0.05) is 12.3 Å². The van der Waals surface area contributed by atoms with Crippen LogP contribution in [0.4, 0.5) is 4.39 Å². The number of hydrogen-bond acceptors (Lipinski definition) is 7. The second-order valence-corrected chi connectivity index (χ2v) is 10.6. The molecule has 0 aliphatic heterocycles. The van der Waals surface area contributed by atoms with Crippen LogP contribution in [0.2, 0.25) is 0 Å². The third-order valence-corrected chi connectivity index (χ3v) is 7.10. The molecule has 0 saturated heterocycles. The Balaban J connectivity index is 1.71. The number of carbonyl (C=O) groups excluding carboxylic acids is 1. The maximum atomic E-state index is 13.2. The number of carboxylic acids is 1. The molecule has 8 nitrogen and oxygen atoms in total. The first-order valence-corrected chi connectivity index (χ1v) is 12.7. The second kappa shape index (κ2) is 12.2. The number of benzene rings is 1. The average molecular weight is 521 g/mol. The molecule has 0 radical (unpaired) electrons. The standard InChI is InChI=1S/C28H37FO8/c1-16-4-5-17-12-20(31)14-24(26(17)23(16)11-8-19(30)13-21(32)15-25(33)34)36-27(35)28(2,3)37-22-9-6-18(29)7-10-22/h4-7,9-10,12,16,19-21,23-24,26,30-32H,8,11,13-15H2,1-3H3,(H,33,34)/t16-,19+,20+,21+,23-,24-,26-/m0/s1. The summed E-state index contributed by atoms with van der Waals surface area (Å²) < 4.78 is 25.0. The van der Waals surface area contributed by atoms with Gasteiger partial charge in [0.25, 0.3) is 0 Å². The molecule has 4 N–H and O–H groups in total. The number of hydrogen-bond donors (Lipinski definition) is 4. The SMILES string of the molecule is C[C@H]1C=CC2=C[C@@H](O)C[C@H](OC(=O)C(C)(C)Oc3ccc(F)cc3)[C@@H]2[C@H]1CC[C@@H](O)C[C@@H](O)CC(=O)O. The highest BCUT2D eigenvalue weighted by atomic mass is 19.1. The number of halogens is 1. The van der Waals surface area contributed by atoms with Gasteiger partial charge in [-0.15, -0.1) is 0 Å². The summed E-state index contributed by atoms with van der Waals surface area (Å²) >= 11 is 0. The van der Waals surface area contributed by atoms with E-state index in [0.29, 0.717) is 18.6 Å². The van der Waals surface area contributed by atoms with E-state index in [4.69, 9.17) is 14.6 Å². The van der Waals surface area contributed by atoms with Crippen molar-refractivity contribution in [3.05, 3.63) is 53.9 Å². The van der Waals surface area contributed by atoms with Gasteiger partial charge in [-0.3, -0.25) is 4.79 Å². The van der Waals surface area contributed by atoms with Crippen molar-refractivity contribution in [2.75, 3.05) is 0 Å². The van der Waals surface area contributed by atoms with E-state index in [1.54, 1.807) is 19.9 Å². The van der Waals surface area contributed by atoms with Gasteiger partial charge >= 0.3 is 11.9 Å². The molecule has 2 aliphatic rings. The minimum atomic E-state index is -1.37. The Kier molecular flexibility index (Phi) is 9.50. The van der Waals surface area contributed by atoms with Gasteiger partial charge in [-0.05, 0) is 74.8 Å². The van der Waals surface area contributed by atoms with Gasteiger partial charge in [0.2, 0.25) is 0 Å². The van der Waals surface area contributed by atoms with Crippen molar-refractivity contribution in [3.8, 4) is 5.75 Å². The van der Waals surface area contributed by atoms with Crippen molar-refractivity contribution in [3.63, 3.8) is 0 Å². The van der Waals surface area contributed by atoms with Gasteiger partial charge in [0.1, 0.15) is 17.7 Å². The van der Waals surface area contributed by atoms with Crippen LogP contribution in [0.3, 0.4) is 0 Å². The minimum Gasteiger partial charge on any atom is -0.481 e. The second-order valence-electron chi connectivity index (χ2n) is 10.6. The van der Waals surface area contributed by atoms with Crippen LogP contribution in [0.5, 0.6) is 5.75 Å². The summed E-state index contributed by atoms with van der Waals surface area (Å²) in [6.45, 7) is 5.16. The molecule has 0 aromatic heterocycles. The summed E-state index contributed by atoms with van der Waals surface area (Å²) in [4.78, 5) is 24.0. The van der Waals surface area contributed by atoms with E-state index < -0.39 is 54.2 Å². The molecule has 204 valence electrons. The summed E-state index contributed by atoms with van der Waals surface area (Å²) in [7, 11) is 0. The highest BCUT2D eigenvalue weighted by molar-refractivity contribution is 5.79. The number of aliphatic carboxylic acids is 1. The number of aliphatic hydroxyl groups excluding tert-OH is 3. The molecule has 0 fully saturated rings. The lowest BCUT2D eigenvalue weighted by atomic mass is 9.66. The molecule has 1 aromatic carbocycles. The third kappa shape index (κ3) is 7.87. The van der Waals surface area contributed by atoms with Crippen molar-refractivity contribution in [1.82, 2.24) is 0 Å². The number of aliphatic hydroxyl groups is 3. The van der Waals surface area contributed by atoms with Crippen LogP contribution in [-0.2, 0) is 14.3 Å². The van der Waals surface area contributed by atoms with E-state index in [-0.39, 0.29) is 30.6 Å². The molecule has 37 heavy (non-hydrogen) atoms. The number of carboxylic acid groups (broad SMARTS) is 1. The highest BCUT2D eigenvalue weighted by Crippen LogP contribution is 2.44. The Morgan fingerprint density at radius 3 is 2.49 bits per heavy atom. The van der Waals surface area contributed by atoms with Crippen LogP contribution >= 0.6 is 0 Å². The zero-order valence-corrected chi connectivity index (χ0v) is 21.4. The monoisotopic (exact) mass is 520 g/mol. The number of fused-ring (bicyclic) bond motifs is 1. The molecule has 0 saturated carbocycles. The average Bonchev–Trinajstić information content (AvgIpc) is 2.79. The largest absolute Gasteiger partial charge is 0.481 e. The summed E-state index contributed by atoms with van der Waals surface area (Å²) in [5.74, 6) is -1.99. The highest BCUT2D eigenvalue weighted by Gasteiger charge is 2.44. The summed E-state index contributed by atoms with van der Waals surface area (Å²) in [5.41, 5.74) is -0.510. The normalized spacial score (nSPS) is 27.0. The molecule has 7 atom stereocenters. The van der Waals surface area contributed by atoms with Crippen LogP contribution in [-0.4, -0.2) is 62.4 Å². The molecule has 1 aromatic rings. The molecule has 0 bridgehead atoms. The number of rotatable bonds is 11. The molecule has 0 amide bonds. The maximum Gasteiger partial charge on any atom is 0.350 e. The fourth-order valence-corrected chi connectivity index (χ4v) is 5.21.